The monoisotopic (exact) mass is 492 g/mol. The number of alkyl halides is 6. The van der Waals surface area contributed by atoms with Crippen LogP contribution in [0.15, 0.2) is 30.5 Å². The predicted molar refractivity (Wildman–Crippen MR) is 109 cm³/mol. The number of rotatable bonds is 3. The molecule has 1 aromatic heterocycles. The molecule has 0 saturated carbocycles. The molecule has 0 atom stereocenters. The summed E-state index contributed by atoms with van der Waals surface area (Å²) in [7, 11) is 0. The van der Waals surface area contributed by atoms with Crippen LogP contribution in [0.2, 0.25) is 0 Å². The molecule has 186 valence electrons. The molecule has 13 heteroatoms. The number of carbonyl (C=O) groups excluding carboxylic acids is 1. The van der Waals surface area contributed by atoms with Crippen molar-refractivity contribution in [3.05, 3.63) is 41.7 Å². The van der Waals surface area contributed by atoms with Crippen molar-refractivity contribution < 1.29 is 40.6 Å². The van der Waals surface area contributed by atoms with Crippen LogP contribution in [0.4, 0.5) is 36.8 Å². The minimum atomic E-state index is -4.78. The van der Waals surface area contributed by atoms with Crippen LogP contribution in [0, 0.1) is 0 Å². The van der Waals surface area contributed by atoms with Crippen molar-refractivity contribution in [2.45, 2.75) is 38.7 Å². The van der Waals surface area contributed by atoms with E-state index in [1.54, 1.807) is 25.7 Å². The maximum atomic E-state index is 13.3. The molecule has 1 aromatic carbocycles. The van der Waals surface area contributed by atoms with Crippen molar-refractivity contribution in [3.63, 3.8) is 0 Å². The zero-order valence-electron chi connectivity index (χ0n) is 18.5. The molecule has 7 nitrogen and oxygen atoms in total. The van der Waals surface area contributed by atoms with Crippen LogP contribution >= 0.6 is 0 Å². The largest absolute Gasteiger partial charge is 0.444 e. The first-order valence-electron chi connectivity index (χ1n) is 10.2. The fourth-order valence-corrected chi connectivity index (χ4v) is 3.14. The van der Waals surface area contributed by atoms with Gasteiger partial charge >= 0.3 is 24.5 Å². The Labute approximate surface area is 191 Å². The standard InChI is InChI=1S/C21H22F6N4O3/c1-19(2,3)34-18(32)31-10-8-30(9-11-31)14-5-4-13(20(22,23)24)12-15(14)33-17-28-7-6-16(29-17)21(25,26)27/h4-7,12H,8-11H2,1-3H3. The van der Waals surface area contributed by atoms with Crippen molar-refractivity contribution in [2.75, 3.05) is 31.1 Å². The minimum absolute atomic E-state index is 0.192. The summed E-state index contributed by atoms with van der Waals surface area (Å²) in [5, 5.41) is 0. The van der Waals surface area contributed by atoms with E-state index < -0.39 is 41.3 Å². The van der Waals surface area contributed by atoms with Crippen LogP contribution < -0.4 is 9.64 Å². The van der Waals surface area contributed by atoms with Gasteiger partial charge in [-0.1, -0.05) is 0 Å². The topological polar surface area (TPSA) is 67.8 Å². The normalized spacial score (nSPS) is 15.3. The molecule has 1 aliphatic rings. The van der Waals surface area contributed by atoms with Gasteiger partial charge in [0.25, 0.3) is 0 Å². The van der Waals surface area contributed by atoms with Gasteiger partial charge in [0.2, 0.25) is 0 Å². The third-order valence-corrected chi connectivity index (χ3v) is 4.68. The van der Waals surface area contributed by atoms with Crippen LogP contribution in [0.1, 0.15) is 32.0 Å². The highest BCUT2D eigenvalue weighted by molar-refractivity contribution is 5.69. The van der Waals surface area contributed by atoms with E-state index in [1.807, 2.05) is 0 Å². The molecule has 1 fully saturated rings. The Bertz CT molecular complexity index is 1030. The van der Waals surface area contributed by atoms with E-state index in [0.717, 1.165) is 18.3 Å². The zero-order chi connectivity index (χ0) is 25.3. The summed E-state index contributed by atoms with van der Waals surface area (Å²) in [4.78, 5) is 22.2. The predicted octanol–water partition coefficient (Wildman–Crippen LogP) is 5.36. The summed E-state index contributed by atoms with van der Waals surface area (Å²) in [6.07, 6.45) is -9.21. The van der Waals surface area contributed by atoms with Crippen molar-refractivity contribution >= 4 is 11.8 Å². The van der Waals surface area contributed by atoms with Gasteiger partial charge < -0.3 is 19.3 Å². The van der Waals surface area contributed by atoms with Crippen molar-refractivity contribution in [1.82, 2.24) is 14.9 Å². The van der Waals surface area contributed by atoms with Crippen LogP contribution in [-0.4, -0.2) is 52.7 Å². The maximum absolute atomic E-state index is 13.3. The first kappa shape index (κ1) is 25.4. The molecule has 3 rings (SSSR count). The lowest BCUT2D eigenvalue weighted by molar-refractivity contribution is -0.141. The highest BCUT2D eigenvalue weighted by Gasteiger charge is 2.35. The highest BCUT2D eigenvalue weighted by Crippen LogP contribution is 2.39. The van der Waals surface area contributed by atoms with Gasteiger partial charge in [-0.3, -0.25) is 0 Å². The quantitative estimate of drug-likeness (QED) is 0.538. The summed E-state index contributed by atoms with van der Waals surface area (Å²) in [6.45, 7) is 6.06. The maximum Gasteiger partial charge on any atom is 0.433 e. The first-order chi connectivity index (χ1) is 15.6. The van der Waals surface area contributed by atoms with Gasteiger partial charge in [0.05, 0.1) is 11.3 Å². The molecule has 0 spiro atoms. The molecule has 0 unspecified atom stereocenters. The van der Waals surface area contributed by atoms with E-state index in [-0.39, 0.29) is 37.6 Å². The van der Waals surface area contributed by atoms with E-state index in [9.17, 15) is 31.1 Å². The number of aromatic nitrogens is 2. The molecule has 0 N–H and O–H groups in total. The van der Waals surface area contributed by atoms with Crippen LogP contribution in [0.3, 0.4) is 0 Å². The number of anilines is 1. The number of carbonyl (C=O) groups is 1. The molecular formula is C21H22F6N4O3. The van der Waals surface area contributed by atoms with Crippen LogP contribution in [-0.2, 0) is 17.1 Å². The molecule has 1 amide bonds. The number of amides is 1. The lowest BCUT2D eigenvalue weighted by Gasteiger charge is -2.37. The Morgan fingerprint density at radius 2 is 1.59 bits per heavy atom. The molecule has 0 radical (unpaired) electrons. The first-order valence-corrected chi connectivity index (χ1v) is 10.2. The number of hydrogen-bond acceptors (Lipinski definition) is 6. The summed E-state index contributed by atoms with van der Waals surface area (Å²) < 4.78 is 89.3. The van der Waals surface area contributed by atoms with Crippen molar-refractivity contribution in [3.8, 4) is 11.8 Å². The van der Waals surface area contributed by atoms with E-state index >= 15 is 0 Å². The van der Waals surface area contributed by atoms with E-state index in [4.69, 9.17) is 9.47 Å². The number of piperazine rings is 1. The van der Waals surface area contributed by atoms with E-state index in [0.29, 0.717) is 12.1 Å². The molecule has 1 saturated heterocycles. The SMILES string of the molecule is CC(C)(C)OC(=O)N1CCN(c2ccc(C(F)(F)F)cc2Oc2nccc(C(F)(F)F)n2)CC1. The smallest absolute Gasteiger partial charge is 0.433 e. The van der Waals surface area contributed by atoms with Gasteiger partial charge in [0, 0.05) is 32.4 Å². The molecule has 1 aliphatic heterocycles. The Morgan fingerprint density at radius 3 is 2.15 bits per heavy atom. The summed E-state index contributed by atoms with van der Waals surface area (Å²) in [5.41, 5.74) is -2.84. The van der Waals surface area contributed by atoms with Gasteiger partial charge in [-0.2, -0.15) is 31.3 Å². The van der Waals surface area contributed by atoms with E-state index in [2.05, 4.69) is 9.97 Å². The Morgan fingerprint density at radius 1 is 0.941 bits per heavy atom. The average Bonchev–Trinajstić information content (AvgIpc) is 2.71. The van der Waals surface area contributed by atoms with Gasteiger partial charge in [-0.25, -0.2) is 9.78 Å². The second kappa shape index (κ2) is 9.18. The molecule has 0 aliphatic carbocycles. The second-order valence-electron chi connectivity index (χ2n) is 8.46. The van der Waals surface area contributed by atoms with Gasteiger partial charge in [-0.15, -0.1) is 0 Å². The summed E-state index contributed by atoms with van der Waals surface area (Å²) in [6, 6.07) is 2.56. The Kier molecular flexibility index (Phi) is 6.85. The van der Waals surface area contributed by atoms with Crippen molar-refractivity contribution in [2.24, 2.45) is 0 Å². The van der Waals surface area contributed by atoms with Gasteiger partial charge in [-0.05, 0) is 45.0 Å². The lowest BCUT2D eigenvalue weighted by atomic mass is 10.1. The van der Waals surface area contributed by atoms with Crippen molar-refractivity contribution in [1.29, 1.82) is 0 Å². The summed E-state index contributed by atoms with van der Waals surface area (Å²) >= 11 is 0. The molecular weight excluding hydrogens is 470 g/mol. The average molecular weight is 492 g/mol. The molecule has 2 heterocycles. The third kappa shape index (κ3) is 6.41. The lowest BCUT2D eigenvalue weighted by Crippen LogP contribution is -2.50. The highest BCUT2D eigenvalue weighted by atomic mass is 19.4. The zero-order valence-corrected chi connectivity index (χ0v) is 18.5. The second-order valence-corrected chi connectivity index (χ2v) is 8.46. The van der Waals surface area contributed by atoms with Gasteiger partial charge in [0.15, 0.2) is 11.4 Å². The minimum Gasteiger partial charge on any atom is -0.444 e. The third-order valence-electron chi connectivity index (χ3n) is 4.68. The fourth-order valence-electron chi connectivity index (χ4n) is 3.14. The summed E-state index contributed by atoms with van der Waals surface area (Å²) in [5.74, 6) is -0.361. The van der Waals surface area contributed by atoms with Crippen LogP contribution in [0.5, 0.6) is 11.8 Å². The molecule has 0 bridgehead atoms. The number of nitrogens with zero attached hydrogens (tertiary/aromatic N) is 4. The number of halogens is 6. The molecule has 2 aromatic rings. The number of benzene rings is 1. The number of ether oxygens (including phenoxy) is 2. The van der Waals surface area contributed by atoms with Crippen LogP contribution in [0.25, 0.3) is 0 Å². The van der Waals surface area contributed by atoms with Gasteiger partial charge in [0.1, 0.15) is 5.60 Å². The Balaban J connectivity index is 1.85. The fraction of sp³-hybridized carbons (Fsp3) is 0.476. The van der Waals surface area contributed by atoms with E-state index in [1.165, 1.54) is 4.90 Å². The Hall–Kier alpha value is -3.25. The molecule has 34 heavy (non-hydrogen) atoms. The number of hydrogen-bond donors (Lipinski definition) is 0.